The molecule has 0 saturated carbocycles. The largest absolute Gasteiger partial charge is 0.288 e. The Bertz CT molecular complexity index is 615. The van der Waals surface area contributed by atoms with Gasteiger partial charge in [-0.25, -0.2) is 0 Å². The molecule has 0 unspecified atom stereocenters. The molecule has 0 aliphatic rings. The average molecular weight is 241 g/mol. The molecular formula is C11H7N5O2. The van der Waals surface area contributed by atoms with Gasteiger partial charge in [-0.3, -0.25) is 10.1 Å². The Morgan fingerprint density at radius 1 is 1.56 bits per heavy atom. The molecule has 0 aliphatic heterocycles. The van der Waals surface area contributed by atoms with E-state index in [2.05, 4.69) is 21.9 Å². The van der Waals surface area contributed by atoms with Gasteiger partial charge in [0.25, 0.3) is 5.69 Å². The van der Waals surface area contributed by atoms with Crippen LogP contribution >= 0.6 is 0 Å². The number of nitro groups is 1. The lowest BCUT2D eigenvalue weighted by molar-refractivity contribution is -0.385. The highest BCUT2D eigenvalue weighted by molar-refractivity contribution is 5.53. The second kappa shape index (κ2) is 6.54. The van der Waals surface area contributed by atoms with Crippen LogP contribution in [-0.2, 0) is 0 Å². The van der Waals surface area contributed by atoms with Crippen molar-refractivity contribution in [3.63, 3.8) is 0 Å². The molecular weight excluding hydrogens is 234 g/mol. The Kier molecular flexibility index (Phi) is 4.74. The third-order valence-corrected chi connectivity index (χ3v) is 1.95. The Hall–Kier alpha value is -3.02. The summed E-state index contributed by atoms with van der Waals surface area (Å²) >= 11 is 0. The molecule has 18 heavy (non-hydrogen) atoms. The molecule has 0 bridgehead atoms. The number of benzene rings is 1. The zero-order valence-corrected chi connectivity index (χ0v) is 9.20. The van der Waals surface area contributed by atoms with Crippen molar-refractivity contribution in [2.24, 2.45) is 5.11 Å². The van der Waals surface area contributed by atoms with Gasteiger partial charge in [-0.05, 0) is 17.7 Å². The van der Waals surface area contributed by atoms with Gasteiger partial charge in [0.2, 0.25) is 0 Å². The molecule has 0 radical (unpaired) electrons. The van der Waals surface area contributed by atoms with Crippen LogP contribution in [0.3, 0.4) is 0 Å². The minimum Gasteiger partial charge on any atom is -0.258 e. The van der Waals surface area contributed by atoms with Crippen LogP contribution in [0.15, 0.2) is 23.3 Å². The quantitative estimate of drug-likeness (QED) is 0.154. The molecule has 1 aromatic carbocycles. The maximum Gasteiger partial charge on any atom is 0.288 e. The summed E-state index contributed by atoms with van der Waals surface area (Å²) in [5, 5.41) is 22.7. The molecule has 0 aliphatic carbocycles. The number of azide groups is 1. The first-order valence-corrected chi connectivity index (χ1v) is 4.87. The van der Waals surface area contributed by atoms with Gasteiger partial charge in [-0.1, -0.05) is 17.0 Å². The highest BCUT2D eigenvalue weighted by atomic mass is 16.6. The van der Waals surface area contributed by atoms with Crippen molar-refractivity contribution in [2.75, 3.05) is 6.54 Å². The smallest absolute Gasteiger partial charge is 0.258 e. The SMILES string of the molecule is N#Cc1ccc(C#CCCN=[N+]=[N-])cc1[N+](=O)[O-]. The summed E-state index contributed by atoms with van der Waals surface area (Å²) in [5.74, 6) is 5.42. The number of nitrogens with zero attached hydrogens (tertiary/aromatic N) is 5. The molecule has 7 nitrogen and oxygen atoms in total. The van der Waals surface area contributed by atoms with Crippen LogP contribution in [0, 0.1) is 33.3 Å². The van der Waals surface area contributed by atoms with E-state index < -0.39 is 4.92 Å². The Morgan fingerprint density at radius 3 is 2.94 bits per heavy atom. The first kappa shape index (κ1) is 13.0. The number of nitro benzene ring substituents is 1. The molecule has 0 spiro atoms. The third kappa shape index (κ3) is 3.53. The van der Waals surface area contributed by atoms with Crippen molar-refractivity contribution in [1.29, 1.82) is 5.26 Å². The second-order valence-corrected chi connectivity index (χ2v) is 3.11. The first-order valence-electron chi connectivity index (χ1n) is 4.87. The van der Waals surface area contributed by atoms with Gasteiger partial charge in [0, 0.05) is 29.5 Å². The molecule has 7 heteroatoms. The maximum absolute atomic E-state index is 10.7. The van der Waals surface area contributed by atoms with E-state index in [1.165, 1.54) is 18.2 Å². The van der Waals surface area contributed by atoms with Gasteiger partial charge in [0.15, 0.2) is 0 Å². The van der Waals surface area contributed by atoms with Crippen LogP contribution in [-0.4, -0.2) is 11.5 Å². The van der Waals surface area contributed by atoms with Crippen molar-refractivity contribution in [3.8, 4) is 17.9 Å². The monoisotopic (exact) mass is 241 g/mol. The van der Waals surface area contributed by atoms with Crippen LogP contribution in [0.5, 0.6) is 0 Å². The molecule has 0 saturated heterocycles. The molecule has 1 aromatic rings. The Balaban J connectivity index is 2.92. The third-order valence-electron chi connectivity index (χ3n) is 1.95. The van der Waals surface area contributed by atoms with Crippen LogP contribution in [0.2, 0.25) is 0 Å². The number of hydrogen-bond donors (Lipinski definition) is 0. The van der Waals surface area contributed by atoms with E-state index in [0.29, 0.717) is 12.0 Å². The molecule has 0 N–H and O–H groups in total. The topological polar surface area (TPSA) is 116 Å². The second-order valence-electron chi connectivity index (χ2n) is 3.11. The lowest BCUT2D eigenvalue weighted by Crippen LogP contribution is -1.92. The molecule has 0 atom stereocenters. The summed E-state index contributed by atoms with van der Waals surface area (Å²) in [5.41, 5.74) is 8.22. The zero-order chi connectivity index (χ0) is 13.4. The van der Waals surface area contributed by atoms with E-state index in [9.17, 15) is 10.1 Å². The minimum atomic E-state index is -0.621. The van der Waals surface area contributed by atoms with Gasteiger partial charge in [-0.15, -0.1) is 0 Å². The summed E-state index contributed by atoms with van der Waals surface area (Å²) < 4.78 is 0. The van der Waals surface area contributed by atoms with Gasteiger partial charge in [-0.2, -0.15) is 5.26 Å². The number of hydrogen-bond acceptors (Lipinski definition) is 4. The van der Waals surface area contributed by atoms with E-state index >= 15 is 0 Å². The summed E-state index contributed by atoms with van der Waals surface area (Å²) in [6.45, 7) is 0.252. The highest BCUT2D eigenvalue weighted by Gasteiger charge is 2.13. The van der Waals surface area contributed by atoms with Gasteiger partial charge >= 0.3 is 0 Å². The normalized spacial score (nSPS) is 8.39. The number of nitriles is 1. The van der Waals surface area contributed by atoms with Crippen LogP contribution in [0.25, 0.3) is 10.4 Å². The molecule has 1 rings (SSSR count). The zero-order valence-electron chi connectivity index (χ0n) is 9.20. The summed E-state index contributed by atoms with van der Waals surface area (Å²) in [4.78, 5) is 12.6. The number of rotatable bonds is 3. The average Bonchev–Trinajstić information content (AvgIpc) is 2.38. The molecule has 0 heterocycles. The summed E-state index contributed by atoms with van der Waals surface area (Å²) in [6.07, 6.45) is 0.373. The van der Waals surface area contributed by atoms with Crippen molar-refractivity contribution in [3.05, 3.63) is 49.9 Å². The van der Waals surface area contributed by atoms with Crippen molar-refractivity contribution >= 4 is 5.69 Å². The van der Waals surface area contributed by atoms with Crippen LogP contribution < -0.4 is 0 Å². The fourth-order valence-electron chi connectivity index (χ4n) is 1.17. The molecule has 0 fully saturated rings. The lowest BCUT2D eigenvalue weighted by atomic mass is 10.1. The van der Waals surface area contributed by atoms with Crippen molar-refractivity contribution in [2.45, 2.75) is 6.42 Å². The maximum atomic E-state index is 10.7. The molecule has 0 aromatic heterocycles. The highest BCUT2D eigenvalue weighted by Crippen LogP contribution is 2.18. The summed E-state index contributed by atoms with van der Waals surface area (Å²) in [7, 11) is 0. The van der Waals surface area contributed by atoms with E-state index in [1.807, 2.05) is 0 Å². The Labute approximate surface area is 102 Å². The lowest BCUT2D eigenvalue weighted by Gasteiger charge is -1.95. The molecule has 0 amide bonds. The van der Waals surface area contributed by atoms with E-state index in [0.717, 1.165) is 0 Å². The van der Waals surface area contributed by atoms with Gasteiger partial charge < -0.3 is 0 Å². The first-order chi connectivity index (χ1) is 8.69. The Morgan fingerprint density at radius 2 is 2.33 bits per heavy atom. The fourth-order valence-corrected chi connectivity index (χ4v) is 1.17. The predicted octanol–water partition coefficient (Wildman–Crippen LogP) is 2.52. The summed E-state index contributed by atoms with van der Waals surface area (Å²) in [6, 6.07) is 5.88. The minimum absolute atomic E-state index is 0.000342. The van der Waals surface area contributed by atoms with Crippen molar-refractivity contribution in [1.82, 2.24) is 0 Å². The van der Waals surface area contributed by atoms with E-state index in [4.69, 9.17) is 10.8 Å². The van der Waals surface area contributed by atoms with Crippen LogP contribution in [0.4, 0.5) is 5.69 Å². The standard InChI is InChI=1S/C11H7N5O2/c12-8-10-5-4-9(7-11(10)16(17)18)3-1-2-6-14-15-13/h4-5,7H,2,6H2. The van der Waals surface area contributed by atoms with Crippen molar-refractivity contribution < 1.29 is 4.92 Å². The van der Waals surface area contributed by atoms with Gasteiger partial charge in [0.1, 0.15) is 11.6 Å². The van der Waals surface area contributed by atoms with E-state index in [-0.39, 0.29) is 17.8 Å². The van der Waals surface area contributed by atoms with Crippen LogP contribution in [0.1, 0.15) is 17.5 Å². The molecule has 88 valence electrons. The fraction of sp³-hybridized carbons (Fsp3) is 0.182. The predicted molar refractivity (Wildman–Crippen MR) is 63.3 cm³/mol. The van der Waals surface area contributed by atoms with E-state index in [1.54, 1.807) is 6.07 Å². The van der Waals surface area contributed by atoms with Gasteiger partial charge in [0.05, 0.1) is 4.92 Å².